The lowest BCUT2D eigenvalue weighted by molar-refractivity contribution is 0.129. The Hall–Kier alpha value is -1.42. The van der Waals surface area contributed by atoms with Gasteiger partial charge in [-0.2, -0.15) is 0 Å². The number of ether oxygens (including phenoxy) is 1. The maximum Gasteiger partial charge on any atom is 0.194 e. The highest BCUT2D eigenvalue weighted by Gasteiger charge is 2.22. The fraction of sp³-hybridized carbons (Fsp3) is 0.471. The summed E-state index contributed by atoms with van der Waals surface area (Å²) >= 11 is 0. The van der Waals surface area contributed by atoms with Gasteiger partial charge in [0.15, 0.2) is 5.96 Å². The standard InChI is InChI=1S/C17H23N3O.HI/c1-3-12-19-17(18-4-2)20-13-10-16(11-14-20)21-15-8-6-5-7-9-15;/h1,5-9,16H,4,10-14H2,2H3,(H,18,19);1H. The van der Waals surface area contributed by atoms with Gasteiger partial charge in [-0.05, 0) is 19.1 Å². The van der Waals surface area contributed by atoms with Crippen LogP contribution in [-0.4, -0.2) is 43.1 Å². The molecular weight excluding hydrogens is 389 g/mol. The first kappa shape index (κ1) is 18.6. The second kappa shape index (κ2) is 10.3. The molecule has 1 aromatic rings. The van der Waals surface area contributed by atoms with Crippen LogP contribution in [0, 0.1) is 12.3 Å². The molecule has 1 aromatic carbocycles. The molecule has 1 N–H and O–H groups in total. The molecule has 1 heterocycles. The normalized spacial score (nSPS) is 15.6. The van der Waals surface area contributed by atoms with Gasteiger partial charge >= 0.3 is 0 Å². The van der Waals surface area contributed by atoms with E-state index in [2.05, 4.69) is 28.1 Å². The molecule has 1 aliphatic rings. The van der Waals surface area contributed by atoms with Crippen molar-refractivity contribution < 1.29 is 4.74 Å². The Balaban J connectivity index is 0.00000242. The fourth-order valence-corrected chi connectivity index (χ4v) is 2.42. The van der Waals surface area contributed by atoms with Crippen LogP contribution in [0.4, 0.5) is 0 Å². The number of nitrogens with one attached hydrogen (secondary N) is 1. The zero-order chi connectivity index (χ0) is 14.9. The molecule has 2 rings (SSSR count). The van der Waals surface area contributed by atoms with Crippen LogP contribution in [0.2, 0.25) is 0 Å². The van der Waals surface area contributed by atoms with E-state index < -0.39 is 0 Å². The number of guanidine groups is 1. The zero-order valence-electron chi connectivity index (χ0n) is 13.0. The van der Waals surface area contributed by atoms with E-state index in [4.69, 9.17) is 11.2 Å². The molecular formula is C17H24IN3O. The Morgan fingerprint density at radius 1 is 1.36 bits per heavy atom. The van der Waals surface area contributed by atoms with Crippen molar-refractivity contribution in [3.63, 3.8) is 0 Å². The second-order valence-corrected chi connectivity index (χ2v) is 4.99. The fourth-order valence-electron chi connectivity index (χ4n) is 2.42. The molecule has 0 saturated carbocycles. The van der Waals surface area contributed by atoms with Gasteiger partial charge in [0.05, 0.1) is 0 Å². The van der Waals surface area contributed by atoms with Gasteiger partial charge in [-0.15, -0.1) is 30.4 Å². The minimum Gasteiger partial charge on any atom is -0.490 e. The average molecular weight is 413 g/mol. The summed E-state index contributed by atoms with van der Waals surface area (Å²) in [5, 5.41) is 3.29. The van der Waals surface area contributed by atoms with Crippen LogP contribution < -0.4 is 10.1 Å². The number of piperidine rings is 1. The summed E-state index contributed by atoms with van der Waals surface area (Å²) in [7, 11) is 0. The van der Waals surface area contributed by atoms with Gasteiger partial charge in [0, 0.05) is 32.5 Å². The van der Waals surface area contributed by atoms with Crippen LogP contribution in [0.15, 0.2) is 35.3 Å². The van der Waals surface area contributed by atoms with Crippen LogP contribution in [0.25, 0.3) is 0 Å². The maximum absolute atomic E-state index is 6.01. The van der Waals surface area contributed by atoms with Crippen LogP contribution >= 0.6 is 24.0 Å². The van der Waals surface area contributed by atoms with Gasteiger partial charge in [0.1, 0.15) is 18.4 Å². The SMILES string of the molecule is C#CCN=C(NCC)N1CCC(Oc2ccccc2)CC1.I. The van der Waals surface area contributed by atoms with E-state index in [0.29, 0.717) is 6.54 Å². The lowest BCUT2D eigenvalue weighted by Gasteiger charge is -2.34. The number of hydrogen-bond donors (Lipinski definition) is 1. The first-order valence-electron chi connectivity index (χ1n) is 7.52. The number of aliphatic imine (C=N–C) groups is 1. The minimum atomic E-state index is 0. The zero-order valence-corrected chi connectivity index (χ0v) is 15.3. The molecule has 0 atom stereocenters. The molecule has 5 heteroatoms. The van der Waals surface area contributed by atoms with Crippen molar-refractivity contribution in [1.29, 1.82) is 0 Å². The lowest BCUT2D eigenvalue weighted by Crippen LogP contribution is -2.47. The van der Waals surface area contributed by atoms with Gasteiger partial charge < -0.3 is 15.0 Å². The Morgan fingerprint density at radius 3 is 2.64 bits per heavy atom. The largest absolute Gasteiger partial charge is 0.490 e. The Labute approximate surface area is 150 Å². The second-order valence-electron chi connectivity index (χ2n) is 4.99. The first-order valence-corrected chi connectivity index (χ1v) is 7.52. The van der Waals surface area contributed by atoms with E-state index in [1.54, 1.807) is 0 Å². The summed E-state index contributed by atoms with van der Waals surface area (Å²) < 4.78 is 6.01. The molecule has 1 saturated heterocycles. The molecule has 0 radical (unpaired) electrons. The number of terminal acetylenes is 1. The van der Waals surface area contributed by atoms with Gasteiger partial charge in [0.25, 0.3) is 0 Å². The third-order valence-corrected chi connectivity index (χ3v) is 3.44. The van der Waals surface area contributed by atoms with E-state index in [9.17, 15) is 0 Å². The van der Waals surface area contributed by atoms with Gasteiger partial charge in [-0.1, -0.05) is 24.1 Å². The number of halogens is 1. The van der Waals surface area contributed by atoms with E-state index in [1.807, 2.05) is 30.3 Å². The summed E-state index contributed by atoms with van der Waals surface area (Å²) in [5.41, 5.74) is 0. The predicted molar refractivity (Wildman–Crippen MR) is 102 cm³/mol. The summed E-state index contributed by atoms with van der Waals surface area (Å²) in [4.78, 5) is 6.67. The van der Waals surface area contributed by atoms with Crippen molar-refractivity contribution in [3.8, 4) is 18.1 Å². The highest BCUT2D eigenvalue weighted by molar-refractivity contribution is 14.0. The maximum atomic E-state index is 6.01. The summed E-state index contributed by atoms with van der Waals surface area (Å²) in [6.07, 6.45) is 7.55. The molecule has 1 aliphatic heterocycles. The Morgan fingerprint density at radius 2 is 2.05 bits per heavy atom. The number of benzene rings is 1. The molecule has 0 bridgehead atoms. The average Bonchev–Trinajstić information content (AvgIpc) is 2.53. The van der Waals surface area contributed by atoms with Crippen molar-refractivity contribution in [2.24, 2.45) is 4.99 Å². The smallest absolute Gasteiger partial charge is 0.194 e. The van der Waals surface area contributed by atoms with E-state index in [-0.39, 0.29) is 30.1 Å². The van der Waals surface area contributed by atoms with Crippen molar-refractivity contribution >= 4 is 29.9 Å². The Kier molecular flexibility index (Phi) is 8.75. The molecule has 0 spiro atoms. The first-order chi connectivity index (χ1) is 10.3. The van der Waals surface area contributed by atoms with Crippen molar-refractivity contribution in [1.82, 2.24) is 10.2 Å². The molecule has 4 nitrogen and oxygen atoms in total. The number of nitrogens with zero attached hydrogens (tertiary/aromatic N) is 2. The quantitative estimate of drug-likeness (QED) is 0.357. The molecule has 0 amide bonds. The van der Waals surface area contributed by atoms with Gasteiger partial charge in [-0.3, -0.25) is 0 Å². The van der Waals surface area contributed by atoms with E-state index >= 15 is 0 Å². The summed E-state index contributed by atoms with van der Waals surface area (Å²) in [6.45, 7) is 5.21. The van der Waals surface area contributed by atoms with Crippen LogP contribution in [0.3, 0.4) is 0 Å². The lowest BCUT2D eigenvalue weighted by atomic mass is 10.1. The van der Waals surface area contributed by atoms with Crippen LogP contribution in [0.5, 0.6) is 5.75 Å². The summed E-state index contributed by atoms with van der Waals surface area (Å²) in [5.74, 6) is 4.42. The topological polar surface area (TPSA) is 36.9 Å². The number of hydrogen-bond acceptors (Lipinski definition) is 2. The van der Waals surface area contributed by atoms with Crippen molar-refractivity contribution in [3.05, 3.63) is 30.3 Å². The molecule has 0 aromatic heterocycles. The molecule has 120 valence electrons. The van der Waals surface area contributed by atoms with E-state index in [1.165, 1.54) is 0 Å². The predicted octanol–water partition coefficient (Wildman–Crippen LogP) is 2.75. The molecule has 1 fully saturated rings. The van der Waals surface area contributed by atoms with Gasteiger partial charge in [-0.25, -0.2) is 4.99 Å². The monoisotopic (exact) mass is 413 g/mol. The number of rotatable bonds is 4. The van der Waals surface area contributed by atoms with Crippen molar-refractivity contribution in [2.45, 2.75) is 25.9 Å². The van der Waals surface area contributed by atoms with Crippen LogP contribution in [-0.2, 0) is 0 Å². The third-order valence-electron chi connectivity index (χ3n) is 3.44. The Bertz CT molecular complexity index is 490. The summed E-state index contributed by atoms with van der Waals surface area (Å²) in [6, 6.07) is 10.0. The minimum absolute atomic E-state index is 0. The number of para-hydroxylation sites is 1. The van der Waals surface area contributed by atoms with Crippen molar-refractivity contribution in [2.75, 3.05) is 26.2 Å². The highest BCUT2D eigenvalue weighted by atomic mass is 127. The molecule has 0 unspecified atom stereocenters. The third kappa shape index (κ3) is 5.76. The number of likely N-dealkylation sites (tertiary alicyclic amines) is 1. The molecule has 0 aliphatic carbocycles. The van der Waals surface area contributed by atoms with Gasteiger partial charge in [0.2, 0.25) is 0 Å². The highest BCUT2D eigenvalue weighted by Crippen LogP contribution is 2.18. The van der Waals surface area contributed by atoms with Crippen LogP contribution in [0.1, 0.15) is 19.8 Å². The molecule has 22 heavy (non-hydrogen) atoms. The van der Waals surface area contributed by atoms with E-state index in [0.717, 1.165) is 44.2 Å².